The van der Waals surface area contributed by atoms with Crippen molar-refractivity contribution in [3.05, 3.63) is 34.4 Å². The zero-order valence-electron chi connectivity index (χ0n) is 9.68. The summed E-state index contributed by atoms with van der Waals surface area (Å²) in [6.07, 6.45) is 9.58. The van der Waals surface area contributed by atoms with Gasteiger partial charge < -0.3 is 0 Å². The van der Waals surface area contributed by atoms with Crippen molar-refractivity contribution >= 4 is 0 Å². The molecule has 3 rings (SSSR count). The fourth-order valence-electron chi connectivity index (χ4n) is 3.29. The molecule has 0 saturated heterocycles. The van der Waals surface area contributed by atoms with Gasteiger partial charge in [-0.05, 0) is 73.1 Å². The van der Waals surface area contributed by atoms with Gasteiger partial charge in [0.1, 0.15) is 0 Å². The van der Waals surface area contributed by atoms with Gasteiger partial charge in [0, 0.05) is 0 Å². The molecule has 0 aromatic heterocycles. The van der Waals surface area contributed by atoms with E-state index in [4.69, 9.17) is 0 Å². The molecule has 0 bridgehead atoms. The number of aryl methyl sites for hydroxylation is 3. The molecule has 0 saturated carbocycles. The summed E-state index contributed by atoms with van der Waals surface area (Å²) in [7, 11) is 0. The first kappa shape index (κ1) is 9.45. The molecule has 0 heterocycles. The predicted octanol–water partition coefficient (Wildman–Crippen LogP) is 4.01. The van der Waals surface area contributed by atoms with E-state index in [-0.39, 0.29) is 0 Å². The smallest absolute Gasteiger partial charge is 0.0187 e. The van der Waals surface area contributed by atoms with Gasteiger partial charge in [-0.2, -0.15) is 0 Å². The van der Waals surface area contributed by atoms with Crippen LogP contribution in [0.4, 0.5) is 0 Å². The molecule has 0 aliphatic heterocycles. The van der Waals surface area contributed by atoms with Crippen molar-refractivity contribution in [1.82, 2.24) is 0 Å². The summed E-state index contributed by atoms with van der Waals surface area (Å²) in [5.74, 6) is 0.806. The third-order valence-electron chi connectivity index (χ3n) is 4.22. The number of benzene rings is 1. The van der Waals surface area contributed by atoms with Crippen molar-refractivity contribution < 1.29 is 0 Å². The van der Waals surface area contributed by atoms with Crippen LogP contribution in [0.2, 0.25) is 0 Å². The second kappa shape index (κ2) is 3.66. The molecule has 0 N–H and O–H groups in total. The molecule has 0 nitrogen and oxygen atoms in total. The SMILES string of the molecule is CC1CCCc2cc3c(cc21)CCCC3. The van der Waals surface area contributed by atoms with Crippen LogP contribution >= 0.6 is 0 Å². The van der Waals surface area contributed by atoms with Crippen molar-refractivity contribution in [2.24, 2.45) is 0 Å². The summed E-state index contributed by atoms with van der Waals surface area (Å²) < 4.78 is 0. The van der Waals surface area contributed by atoms with Crippen LogP contribution in [0.15, 0.2) is 12.1 Å². The zero-order chi connectivity index (χ0) is 10.3. The quantitative estimate of drug-likeness (QED) is 0.593. The molecule has 1 unspecified atom stereocenters. The Morgan fingerprint density at radius 1 is 0.867 bits per heavy atom. The van der Waals surface area contributed by atoms with Gasteiger partial charge in [-0.15, -0.1) is 0 Å². The van der Waals surface area contributed by atoms with E-state index in [9.17, 15) is 0 Å². The van der Waals surface area contributed by atoms with E-state index in [1.165, 1.54) is 44.9 Å². The highest BCUT2D eigenvalue weighted by Crippen LogP contribution is 2.35. The molecule has 1 aromatic carbocycles. The maximum absolute atomic E-state index is 2.54. The monoisotopic (exact) mass is 200 g/mol. The second-order valence-electron chi connectivity index (χ2n) is 5.32. The Balaban J connectivity index is 2.08. The zero-order valence-corrected chi connectivity index (χ0v) is 9.68. The Labute approximate surface area is 92.7 Å². The molecule has 80 valence electrons. The van der Waals surface area contributed by atoms with Crippen molar-refractivity contribution in [3.8, 4) is 0 Å². The lowest BCUT2D eigenvalue weighted by molar-refractivity contribution is 0.584. The summed E-state index contributed by atoms with van der Waals surface area (Å²) in [6.45, 7) is 2.40. The first-order valence-corrected chi connectivity index (χ1v) is 6.49. The maximum atomic E-state index is 2.54. The van der Waals surface area contributed by atoms with Gasteiger partial charge in [0.2, 0.25) is 0 Å². The first-order valence-electron chi connectivity index (χ1n) is 6.49. The van der Waals surface area contributed by atoms with Crippen LogP contribution in [0, 0.1) is 0 Å². The molecule has 0 amide bonds. The first-order chi connectivity index (χ1) is 7.34. The Kier molecular flexibility index (Phi) is 2.31. The summed E-state index contributed by atoms with van der Waals surface area (Å²) in [5.41, 5.74) is 6.65. The van der Waals surface area contributed by atoms with Gasteiger partial charge in [-0.3, -0.25) is 0 Å². The van der Waals surface area contributed by atoms with Gasteiger partial charge >= 0.3 is 0 Å². The molecular formula is C15H20. The van der Waals surface area contributed by atoms with Gasteiger partial charge in [0.15, 0.2) is 0 Å². The molecule has 0 spiro atoms. The van der Waals surface area contributed by atoms with Crippen molar-refractivity contribution in [3.63, 3.8) is 0 Å². The molecule has 2 aliphatic carbocycles. The van der Waals surface area contributed by atoms with E-state index < -0.39 is 0 Å². The van der Waals surface area contributed by atoms with Crippen molar-refractivity contribution in [1.29, 1.82) is 0 Å². The van der Waals surface area contributed by atoms with Crippen LogP contribution in [0.1, 0.15) is 60.8 Å². The van der Waals surface area contributed by atoms with Crippen LogP contribution < -0.4 is 0 Å². The lowest BCUT2D eigenvalue weighted by Crippen LogP contribution is -2.11. The molecule has 0 heteroatoms. The Morgan fingerprint density at radius 3 is 2.33 bits per heavy atom. The second-order valence-corrected chi connectivity index (χ2v) is 5.32. The predicted molar refractivity (Wildman–Crippen MR) is 64.4 cm³/mol. The topological polar surface area (TPSA) is 0 Å². The average molecular weight is 200 g/mol. The van der Waals surface area contributed by atoms with Gasteiger partial charge in [-0.25, -0.2) is 0 Å². The van der Waals surface area contributed by atoms with E-state index in [0.717, 1.165) is 5.92 Å². The van der Waals surface area contributed by atoms with E-state index in [0.29, 0.717) is 0 Å². The van der Waals surface area contributed by atoms with Gasteiger partial charge in [0.05, 0.1) is 0 Å². The van der Waals surface area contributed by atoms with Gasteiger partial charge in [-0.1, -0.05) is 19.1 Å². The normalized spacial score (nSPS) is 24.5. The highest BCUT2D eigenvalue weighted by Gasteiger charge is 2.19. The minimum Gasteiger partial charge on any atom is -0.0584 e. The van der Waals surface area contributed by atoms with E-state index >= 15 is 0 Å². The van der Waals surface area contributed by atoms with E-state index in [2.05, 4.69) is 19.1 Å². The van der Waals surface area contributed by atoms with Gasteiger partial charge in [0.25, 0.3) is 0 Å². The van der Waals surface area contributed by atoms with Crippen LogP contribution in [0.3, 0.4) is 0 Å². The molecule has 2 aliphatic rings. The molecule has 0 fully saturated rings. The minimum absolute atomic E-state index is 0.806. The molecular weight excluding hydrogens is 180 g/mol. The van der Waals surface area contributed by atoms with Crippen LogP contribution in [-0.4, -0.2) is 0 Å². The van der Waals surface area contributed by atoms with Crippen molar-refractivity contribution in [2.75, 3.05) is 0 Å². The number of fused-ring (bicyclic) bond motifs is 2. The maximum Gasteiger partial charge on any atom is -0.0187 e. The Bertz CT molecular complexity index is 376. The van der Waals surface area contributed by atoms with E-state index in [1.54, 1.807) is 22.3 Å². The molecule has 1 aromatic rings. The Hall–Kier alpha value is -0.780. The fourth-order valence-corrected chi connectivity index (χ4v) is 3.29. The Morgan fingerprint density at radius 2 is 1.53 bits per heavy atom. The summed E-state index contributed by atoms with van der Waals surface area (Å²) in [4.78, 5) is 0. The summed E-state index contributed by atoms with van der Waals surface area (Å²) >= 11 is 0. The van der Waals surface area contributed by atoms with Crippen LogP contribution in [-0.2, 0) is 19.3 Å². The largest absolute Gasteiger partial charge is 0.0584 e. The number of hydrogen-bond acceptors (Lipinski definition) is 0. The number of rotatable bonds is 0. The standard InChI is InChI=1S/C15H20/c1-11-5-4-8-14-9-12-6-2-3-7-13(12)10-15(11)14/h9-11H,2-8H2,1H3. The molecule has 15 heavy (non-hydrogen) atoms. The van der Waals surface area contributed by atoms with Crippen molar-refractivity contribution in [2.45, 2.75) is 57.8 Å². The lowest BCUT2D eigenvalue weighted by Gasteiger charge is -2.26. The van der Waals surface area contributed by atoms with Crippen LogP contribution in [0.5, 0.6) is 0 Å². The lowest BCUT2D eigenvalue weighted by atomic mass is 9.79. The van der Waals surface area contributed by atoms with E-state index in [1.807, 2.05) is 0 Å². The third kappa shape index (κ3) is 1.60. The summed E-state index contributed by atoms with van der Waals surface area (Å²) in [5, 5.41) is 0. The van der Waals surface area contributed by atoms with Crippen LogP contribution in [0.25, 0.3) is 0 Å². The fraction of sp³-hybridized carbons (Fsp3) is 0.600. The highest BCUT2D eigenvalue weighted by molar-refractivity contribution is 5.42. The molecule has 0 radical (unpaired) electrons. The highest BCUT2D eigenvalue weighted by atomic mass is 14.2. The third-order valence-corrected chi connectivity index (χ3v) is 4.22. The average Bonchev–Trinajstić information content (AvgIpc) is 2.27. The number of hydrogen-bond donors (Lipinski definition) is 0. The molecule has 1 atom stereocenters. The minimum atomic E-state index is 0.806. The summed E-state index contributed by atoms with van der Waals surface area (Å²) in [6, 6.07) is 5.06.